The van der Waals surface area contributed by atoms with Crippen molar-refractivity contribution in [2.24, 2.45) is 5.92 Å². The molecule has 2 heterocycles. The van der Waals surface area contributed by atoms with E-state index in [9.17, 15) is 9.59 Å². The quantitative estimate of drug-likeness (QED) is 0.809. The molecule has 23 heavy (non-hydrogen) atoms. The van der Waals surface area contributed by atoms with Crippen LogP contribution in [0.25, 0.3) is 11.3 Å². The first-order valence-electron chi connectivity index (χ1n) is 7.95. The maximum Gasteiger partial charge on any atom is 0.261 e. The number of carbonyl (C=O) groups is 1. The maximum absolute atomic E-state index is 12.4. The molecule has 0 saturated carbocycles. The number of hydrogen-bond acceptors (Lipinski definition) is 3. The summed E-state index contributed by atoms with van der Waals surface area (Å²) in [7, 11) is 0. The van der Waals surface area contributed by atoms with Crippen LogP contribution in [0.3, 0.4) is 0 Å². The highest BCUT2D eigenvalue weighted by Gasteiger charge is 2.24. The molecule has 0 spiro atoms. The van der Waals surface area contributed by atoms with Crippen LogP contribution in [0, 0.1) is 5.92 Å². The predicted octanol–water partition coefficient (Wildman–Crippen LogP) is 1.77. The standard InChI is InChI=1S/C18H21N3O2/c1-12-11-19-10-9-15(12)20-17(22)14-7-8-16(21-18(14)23)13-5-3-2-4-6-13/h2-8,12,15,19H,9-11H2,1H3,(H,20,22)(H,21,23). The van der Waals surface area contributed by atoms with Crippen LogP contribution in [0.4, 0.5) is 0 Å². The van der Waals surface area contributed by atoms with Crippen molar-refractivity contribution in [1.29, 1.82) is 0 Å². The third-order valence-corrected chi connectivity index (χ3v) is 4.34. The van der Waals surface area contributed by atoms with Gasteiger partial charge in [0.15, 0.2) is 0 Å². The molecule has 1 aromatic heterocycles. The lowest BCUT2D eigenvalue weighted by Crippen LogP contribution is -2.49. The highest BCUT2D eigenvalue weighted by molar-refractivity contribution is 5.94. The van der Waals surface area contributed by atoms with Gasteiger partial charge in [-0.05, 0) is 43.1 Å². The molecule has 1 aliphatic heterocycles. The molecule has 1 aromatic carbocycles. The molecule has 1 amide bonds. The van der Waals surface area contributed by atoms with Gasteiger partial charge in [-0.1, -0.05) is 37.3 Å². The van der Waals surface area contributed by atoms with Crippen LogP contribution in [-0.4, -0.2) is 30.0 Å². The van der Waals surface area contributed by atoms with Crippen molar-refractivity contribution in [1.82, 2.24) is 15.6 Å². The minimum atomic E-state index is -0.356. The Balaban J connectivity index is 1.78. The molecule has 1 saturated heterocycles. The van der Waals surface area contributed by atoms with Gasteiger partial charge in [-0.3, -0.25) is 9.59 Å². The molecule has 1 fully saturated rings. The fraction of sp³-hybridized carbons (Fsp3) is 0.333. The first-order chi connectivity index (χ1) is 11.1. The molecule has 2 unspecified atom stereocenters. The van der Waals surface area contributed by atoms with Crippen molar-refractivity contribution in [3.63, 3.8) is 0 Å². The summed E-state index contributed by atoms with van der Waals surface area (Å²) in [5, 5.41) is 6.28. The monoisotopic (exact) mass is 311 g/mol. The van der Waals surface area contributed by atoms with E-state index in [2.05, 4.69) is 22.5 Å². The lowest BCUT2D eigenvalue weighted by molar-refractivity contribution is 0.0912. The van der Waals surface area contributed by atoms with Gasteiger partial charge in [0.05, 0.1) is 0 Å². The van der Waals surface area contributed by atoms with Gasteiger partial charge in [0.25, 0.3) is 11.5 Å². The minimum absolute atomic E-state index is 0.108. The number of H-pyrrole nitrogens is 1. The Morgan fingerprint density at radius 1 is 1.17 bits per heavy atom. The predicted molar refractivity (Wildman–Crippen MR) is 90.4 cm³/mol. The van der Waals surface area contributed by atoms with E-state index in [0.29, 0.717) is 11.6 Å². The highest BCUT2D eigenvalue weighted by atomic mass is 16.2. The summed E-state index contributed by atoms with van der Waals surface area (Å²) >= 11 is 0. The smallest absolute Gasteiger partial charge is 0.261 e. The largest absolute Gasteiger partial charge is 0.349 e. The van der Waals surface area contributed by atoms with Gasteiger partial charge < -0.3 is 15.6 Å². The van der Waals surface area contributed by atoms with Crippen LogP contribution in [0.5, 0.6) is 0 Å². The fourth-order valence-corrected chi connectivity index (χ4v) is 2.91. The van der Waals surface area contributed by atoms with Crippen LogP contribution in [0.1, 0.15) is 23.7 Å². The Bertz CT molecular complexity index is 739. The molecule has 0 bridgehead atoms. The number of piperidine rings is 1. The molecule has 3 N–H and O–H groups in total. The van der Waals surface area contributed by atoms with E-state index in [1.807, 2.05) is 30.3 Å². The average molecular weight is 311 g/mol. The van der Waals surface area contributed by atoms with Crippen molar-refractivity contribution >= 4 is 5.91 Å². The lowest BCUT2D eigenvalue weighted by Gasteiger charge is -2.30. The number of benzene rings is 1. The minimum Gasteiger partial charge on any atom is -0.349 e. The number of nitrogens with one attached hydrogen (secondary N) is 3. The highest BCUT2D eigenvalue weighted by Crippen LogP contribution is 2.15. The van der Waals surface area contributed by atoms with Crippen molar-refractivity contribution in [3.05, 3.63) is 58.4 Å². The summed E-state index contributed by atoms with van der Waals surface area (Å²) < 4.78 is 0. The van der Waals surface area contributed by atoms with Gasteiger partial charge in [-0.15, -0.1) is 0 Å². The van der Waals surface area contributed by atoms with E-state index in [0.717, 1.165) is 25.1 Å². The summed E-state index contributed by atoms with van der Waals surface area (Å²) in [5.74, 6) is 0.0555. The Kier molecular flexibility index (Phi) is 4.57. The third-order valence-electron chi connectivity index (χ3n) is 4.34. The van der Waals surface area contributed by atoms with Crippen molar-refractivity contribution < 1.29 is 4.79 Å². The normalized spacial score (nSPS) is 20.9. The van der Waals surface area contributed by atoms with Gasteiger partial charge in [-0.2, -0.15) is 0 Å². The van der Waals surface area contributed by atoms with E-state index in [-0.39, 0.29) is 23.1 Å². The summed E-state index contributed by atoms with van der Waals surface area (Å²) in [6.45, 7) is 3.87. The Labute approximate surface area is 135 Å². The topological polar surface area (TPSA) is 74.0 Å². The van der Waals surface area contributed by atoms with E-state index in [1.165, 1.54) is 0 Å². The van der Waals surface area contributed by atoms with Gasteiger partial charge in [0.2, 0.25) is 0 Å². The number of aromatic nitrogens is 1. The second-order valence-corrected chi connectivity index (χ2v) is 6.03. The zero-order chi connectivity index (χ0) is 16.2. The molecule has 5 nitrogen and oxygen atoms in total. The SMILES string of the molecule is CC1CNCCC1NC(=O)c1ccc(-c2ccccc2)[nH]c1=O. The van der Waals surface area contributed by atoms with E-state index in [1.54, 1.807) is 12.1 Å². The molecule has 2 atom stereocenters. The number of rotatable bonds is 3. The average Bonchev–Trinajstić information content (AvgIpc) is 2.57. The van der Waals surface area contributed by atoms with Crippen LogP contribution < -0.4 is 16.2 Å². The number of hydrogen-bond donors (Lipinski definition) is 3. The fourth-order valence-electron chi connectivity index (χ4n) is 2.91. The Hall–Kier alpha value is -2.40. The van der Waals surface area contributed by atoms with Gasteiger partial charge in [-0.25, -0.2) is 0 Å². The molecular weight excluding hydrogens is 290 g/mol. The number of pyridine rings is 1. The molecular formula is C18H21N3O2. The first kappa shape index (κ1) is 15.5. The Morgan fingerprint density at radius 3 is 2.65 bits per heavy atom. The van der Waals surface area contributed by atoms with Crippen LogP contribution in [0.2, 0.25) is 0 Å². The van der Waals surface area contributed by atoms with Gasteiger partial charge in [0.1, 0.15) is 5.56 Å². The molecule has 3 rings (SSSR count). The summed E-state index contributed by atoms with van der Waals surface area (Å²) in [6, 6.07) is 13.1. The lowest BCUT2D eigenvalue weighted by atomic mass is 9.95. The van der Waals surface area contributed by atoms with Crippen molar-refractivity contribution in [2.45, 2.75) is 19.4 Å². The first-order valence-corrected chi connectivity index (χ1v) is 7.95. The molecule has 1 aliphatic rings. The third kappa shape index (κ3) is 3.51. The Morgan fingerprint density at radius 2 is 1.96 bits per heavy atom. The van der Waals surface area contributed by atoms with Crippen molar-refractivity contribution in [2.75, 3.05) is 13.1 Å². The number of aromatic amines is 1. The maximum atomic E-state index is 12.4. The van der Waals surface area contributed by atoms with Crippen LogP contribution >= 0.6 is 0 Å². The van der Waals surface area contributed by atoms with Crippen LogP contribution in [-0.2, 0) is 0 Å². The number of amides is 1. The second kappa shape index (κ2) is 6.79. The van der Waals surface area contributed by atoms with E-state index < -0.39 is 0 Å². The van der Waals surface area contributed by atoms with Gasteiger partial charge >= 0.3 is 0 Å². The molecule has 2 aromatic rings. The second-order valence-electron chi connectivity index (χ2n) is 6.03. The molecule has 0 aliphatic carbocycles. The zero-order valence-corrected chi connectivity index (χ0v) is 13.1. The molecule has 5 heteroatoms. The molecule has 0 radical (unpaired) electrons. The summed E-state index contributed by atoms with van der Waals surface area (Å²) in [6.07, 6.45) is 0.882. The van der Waals surface area contributed by atoms with E-state index in [4.69, 9.17) is 0 Å². The van der Waals surface area contributed by atoms with Crippen molar-refractivity contribution in [3.8, 4) is 11.3 Å². The van der Waals surface area contributed by atoms with E-state index >= 15 is 0 Å². The molecule has 120 valence electrons. The summed E-state index contributed by atoms with van der Waals surface area (Å²) in [5.41, 5.74) is 1.44. The van der Waals surface area contributed by atoms with Gasteiger partial charge in [0, 0.05) is 11.7 Å². The zero-order valence-electron chi connectivity index (χ0n) is 13.1. The number of carbonyl (C=O) groups excluding carboxylic acids is 1. The van der Waals surface area contributed by atoms with Crippen LogP contribution in [0.15, 0.2) is 47.3 Å². The summed E-state index contributed by atoms with van der Waals surface area (Å²) in [4.78, 5) is 27.4.